The van der Waals surface area contributed by atoms with E-state index in [0.717, 1.165) is 32.4 Å². The van der Waals surface area contributed by atoms with Crippen LogP contribution < -0.4 is 0 Å². The number of H-pyrrole nitrogens is 1. The number of aromatic amines is 1. The highest BCUT2D eigenvalue weighted by atomic mass is 79.9. The second kappa shape index (κ2) is 4.67. The largest absolute Gasteiger partial charge is 0.507 e. The number of halogens is 1. The van der Waals surface area contributed by atoms with E-state index in [1.165, 1.54) is 10.9 Å². The van der Waals surface area contributed by atoms with Gasteiger partial charge in [0.1, 0.15) is 5.75 Å². The number of phenols is 1. The van der Waals surface area contributed by atoms with Gasteiger partial charge in [-0.2, -0.15) is 0 Å². The van der Waals surface area contributed by atoms with Crippen molar-refractivity contribution in [2.24, 2.45) is 0 Å². The van der Waals surface area contributed by atoms with Crippen molar-refractivity contribution in [1.82, 2.24) is 4.98 Å². The summed E-state index contributed by atoms with van der Waals surface area (Å²) < 4.78 is 1.10. The zero-order valence-corrected chi connectivity index (χ0v) is 13.3. The fourth-order valence-electron chi connectivity index (χ4n) is 2.75. The van der Waals surface area contributed by atoms with Crippen molar-refractivity contribution >= 4 is 26.8 Å². The van der Waals surface area contributed by atoms with Crippen molar-refractivity contribution in [1.29, 1.82) is 0 Å². The monoisotopic (exact) mass is 329 g/mol. The van der Waals surface area contributed by atoms with Crippen LogP contribution in [0, 0.1) is 20.8 Å². The van der Waals surface area contributed by atoms with Crippen molar-refractivity contribution in [2.75, 3.05) is 0 Å². The topological polar surface area (TPSA) is 36.0 Å². The number of fused-ring (bicyclic) bond motifs is 1. The maximum absolute atomic E-state index is 9.91. The minimum Gasteiger partial charge on any atom is -0.507 e. The fraction of sp³-hybridized carbons (Fsp3) is 0.176. The summed E-state index contributed by atoms with van der Waals surface area (Å²) in [7, 11) is 0. The Morgan fingerprint density at radius 2 is 1.70 bits per heavy atom. The van der Waals surface area contributed by atoms with Gasteiger partial charge in [0, 0.05) is 21.1 Å². The van der Waals surface area contributed by atoms with E-state index in [-0.39, 0.29) is 0 Å². The molecular formula is C17H16BrNO. The number of phenolic OH excluding ortho intramolecular Hbond substituents is 1. The molecular weight excluding hydrogens is 314 g/mol. The third kappa shape index (κ3) is 1.93. The van der Waals surface area contributed by atoms with Gasteiger partial charge in [0.2, 0.25) is 0 Å². The van der Waals surface area contributed by atoms with Gasteiger partial charge in [-0.1, -0.05) is 22.0 Å². The molecule has 2 nitrogen and oxygen atoms in total. The molecule has 0 bridgehead atoms. The van der Waals surface area contributed by atoms with Crippen LogP contribution in [-0.2, 0) is 0 Å². The van der Waals surface area contributed by atoms with E-state index < -0.39 is 0 Å². The van der Waals surface area contributed by atoms with Gasteiger partial charge >= 0.3 is 0 Å². The number of rotatable bonds is 1. The van der Waals surface area contributed by atoms with Gasteiger partial charge in [0.15, 0.2) is 0 Å². The Bertz CT molecular complexity index is 794. The summed E-state index contributed by atoms with van der Waals surface area (Å²) in [5.74, 6) is 0.378. The predicted molar refractivity (Wildman–Crippen MR) is 87.3 cm³/mol. The molecule has 3 rings (SSSR count). The number of aromatic nitrogens is 1. The molecule has 0 aliphatic rings. The van der Waals surface area contributed by atoms with Gasteiger partial charge in [-0.05, 0) is 67.3 Å². The molecule has 0 atom stereocenters. The van der Waals surface area contributed by atoms with Crippen LogP contribution in [0.15, 0.2) is 34.8 Å². The molecule has 20 heavy (non-hydrogen) atoms. The summed E-state index contributed by atoms with van der Waals surface area (Å²) in [5.41, 5.74) is 6.36. The van der Waals surface area contributed by atoms with Crippen molar-refractivity contribution in [3.63, 3.8) is 0 Å². The standard InChI is InChI=1S/C17H16BrNO/c1-9-7-12(8-10(2)17(9)20)16-11(3)15-13(18)5-4-6-14(15)19-16/h4-8,19-20H,1-3H3. The average Bonchev–Trinajstić information content (AvgIpc) is 2.74. The van der Waals surface area contributed by atoms with E-state index in [1.807, 2.05) is 32.0 Å². The Balaban J connectivity index is 2.30. The molecule has 102 valence electrons. The van der Waals surface area contributed by atoms with Crippen LogP contribution in [0.3, 0.4) is 0 Å². The Morgan fingerprint density at radius 3 is 2.30 bits per heavy atom. The zero-order chi connectivity index (χ0) is 14.4. The smallest absolute Gasteiger partial charge is 0.121 e. The molecule has 0 spiro atoms. The molecule has 2 N–H and O–H groups in total. The van der Waals surface area contributed by atoms with E-state index in [0.29, 0.717) is 5.75 Å². The second-order valence-corrected chi connectivity index (χ2v) is 6.10. The summed E-state index contributed by atoms with van der Waals surface area (Å²) >= 11 is 3.61. The normalized spacial score (nSPS) is 11.2. The zero-order valence-electron chi connectivity index (χ0n) is 11.7. The quantitative estimate of drug-likeness (QED) is 0.630. The minimum atomic E-state index is 0.378. The van der Waals surface area contributed by atoms with Crippen molar-refractivity contribution in [3.8, 4) is 17.0 Å². The molecule has 3 heteroatoms. The summed E-state index contributed by atoms with van der Waals surface area (Å²) in [4.78, 5) is 3.48. The van der Waals surface area contributed by atoms with Gasteiger partial charge in [-0.25, -0.2) is 0 Å². The Labute approximate surface area is 126 Å². The number of benzene rings is 2. The van der Waals surface area contributed by atoms with E-state index >= 15 is 0 Å². The summed E-state index contributed by atoms with van der Waals surface area (Å²) in [6.45, 7) is 5.98. The van der Waals surface area contributed by atoms with Crippen LogP contribution in [0.1, 0.15) is 16.7 Å². The molecule has 0 radical (unpaired) electrons. The molecule has 1 aromatic heterocycles. The molecule has 0 unspecified atom stereocenters. The van der Waals surface area contributed by atoms with Crippen LogP contribution in [0.4, 0.5) is 0 Å². The number of hydrogen-bond acceptors (Lipinski definition) is 1. The first-order valence-electron chi connectivity index (χ1n) is 6.56. The molecule has 0 saturated heterocycles. The highest BCUT2D eigenvalue weighted by Gasteiger charge is 2.13. The Kier molecular flexibility index (Phi) is 3.09. The third-order valence-electron chi connectivity index (χ3n) is 3.80. The Morgan fingerprint density at radius 1 is 1.05 bits per heavy atom. The first kappa shape index (κ1) is 13.3. The van der Waals surface area contributed by atoms with E-state index in [1.54, 1.807) is 0 Å². The van der Waals surface area contributed by atoms with Crippen LogP contribution >= 0.6 is 15.9 Å². The molecule has 0 aliphatic carbocycles. The molecule has 0 amide bonds. The van der Waals surface area contributed by atoms with E-state index in [9.17, 15) is 5.11 Å². The lowest BCUT2D eigenvalue weighted by Crippen LogP contribution is -1.86. The maximum atomic E-state index is 9.91. The van der Waals surface area contributed by atoms with Gasteiger partial charge in [-0.15, -0.1) is 0 Å². The van der Waals surface area contributed by atoms with E-state index in [2.05, 4.69) is 40.0 Å². The number of nitrogens with one attached hydrogen (secondary N) is 1. The molecule has 1 heterocycles. The third-order valence-corrected chi connectivity index (χ3v) is 4.46. The first-order chi connectivity index (χ1) is 9.49. The van der Waals surface area contributed by atoms with Gasteiger partial charge in [0.05, 0.1) is 0 Å². The number of hydrogen-bond donors (Lipinski definition) is 2. The molecule has 2 aromatic carbocycles. The first-order valence-corrected chi connectivity index (χ1v) is 7.35. The maximum Gasteiger partial charge on any atom is 0.121 e. The SMILES string of the molecule is Cc1cc(-c2[nH]c3cccc(Br)c3c2C)cc(C)c1O. The van der Waals surface area contributed by atoms with E-state index in [4.69, 9.17) is 0 Å². The van der Waals surface area contributed by atoms with Crippen molar-refractivity contribution < 1.29 is 5.11 Å². The van der Waals surface area contributed by atoms with Crippen LogP contribution in [0.2, 0.25) is 0 Å². The van der Waals surface area contributed by atoms with Crippen LogP contribution in [-0.4, -0.2) is 10.1 Å². The Hall–Kier alpha value is -1.74. The minimum absolute atomic E-state index is 0.378. The van der Waals surface area contributed by atoms with Crippen molar-refractivity contribution in [3.05, 3.63) is 51.5 Å². The molecule has 0 aliphatic heterocycles. The average molecular weight is 330 g/mol. The van der Waals surface area contributed by atoms with Gasteiger partial charge in [0.25, 0.3) is 0 Å². The summed E-state index contributed by atoms with van der Waals surface area (Å²) in [5, 5.41) is 11.1. The fourth-order valence-corrected chi connectivity index (χ4v) is 3.42. The van der Waals surface area contributed by atoms with Gasteiger partial charge in [-0.3, -0.25) is 0 Å². The predicted octanol–water partition coefficient (Wildman–Crippen LogP) is 5.23. The van der Waals surface area contributed by atoms with Crippen LogP contribution in [0.25, 0.3) is 22.2 Å². The highest BCUT2D eigenvalue weighted by molar-refractivity contribution is 9.10. The summed E-state index contributed by atoms with van der Waals surface area (Å²) in [6, 6.07) is 10.2. The summed E-state index contributed by atoms with van der Waals surface area (Å²) in [6.07, 6.45) is 0. The van der Waals surface area contributed by atoms with Crippen LogP contribution in [0.5, 0.6) is 5.75 Å². The lowest BCUT2D eigenvalue weighted by atomic mass is 10.0. The number of aryl methyl sites for hydroxylation is 3. The van der Waals surface area contributed by atoms with Crippen molar-refractivity contribution in [2.45, 2.75) is 20.8 Å². The second-order valence-electron chi connectivity index (χ2n) is 5.25. The molecule has 3 aromatic rings. The molecule has 0 fully saturated rings. The lowest BCUT2D eigenvalue weighted by Gasteiger charge is -2.07. The lowest BCUT2D eigenvalue weighted by molar-refractivity contribution is 0.467. The molecule has 0 saturated carbocycles. The highest BCUT2D eigenvalue weighted by Crippen LogP contribution is 2.36. The van der Waals surface area contributed by atoms with Gasteiger partial charge < -0.3 is 10.1 Å². The number of aromatic hydroxyl groups is 1.